The maximum absolute atomic E-state index is 6.08. The van der Waals surface area contributed by atoms with Crippen LogP contribution in [0.2, 0.25) is 0 Å². The van der Waals surface area contributed by atoms with Gasteiger partial charge in [0.2, 0.25) is 0 Å². The Morgan fingerprint density at radius 1 is 1.23 bits per heavy atom. The Hall–Kier alpha value is -2.30. The number of hydrogen-bond acceptors (Lipinski definition) is 7. The molecule has 2 aliphatic heterocycles. The van der Waals surface area contributed by atoms with Crippen LogP contribution in [0, 0.1) is 17.8 Å². The quantitative estimate of drug-likeness (QED) is 0.753. The van der Waals surface area contributed by atoms with Gasteiger partial charge in [-0.15, -0.1) is 8.75 Å². The van der Waals surface area contributed by atoms with Gasteiger partial charge in [0.1, 0.15) is 11.9 Å². The van der Waals surface area contributed by atoms with Crippen LogP contribution in [0.25, 0.3) is 0 Å². The van der Waals surface area contributed by atoms with E-state index in [1.807, 2.05) is 31.2 Å². The first-order chi connectivity index (χ1) is 12.7. The number of rotatable bonds is 5. The van der Waals surface area contributed by atoms with E-state index in [1.165, 1.54) is 13.0 Å². The number of aromatic nitrogens is 2. The summed E-state index contributed by atoms with van der Waals surface area (Å²) < 4.78 is 25.7. The lowest BCUT2D eigenvalue weighted by Crippen LogP contribution is -2.32. The number of fused-ring (bicyclic) bond motifs is 2. The van der Waals surface area contributed by atoms with E-state index in [0.717, 1.165) is 36.1 Å². The Morgan fingerprint density at radius 2 is 2.08 bits per heavy atom. The van der Waals surface area contributed by atoms with Crippen molar-refractivity contribution in [3.8, 4) is 29.4 Å². The van der Waals surface area contributed by atoms with Gasteiger partial charge in [-0.05, 0) is 32.0 Å². The van der Waals surface area contributed by atoms with Gasteiger partial charge in [-0.25, -0.2) is 0 Å². The summed E-state index contributed by atoms with van der Waals surface area (Å²) >= 11 is 1.10. The van der Waals surface area contributed by atoms with E-state index in [-0.39, 0.29) is 12.2 Å². The van der Waals surface area contributed by atoms with Gasteiger partial charge in [0.15, 0.2) is 6.10 Å². The van der Waals surface area contributed by atoms with Crippen molar-refractivity contribution in [3.63, 3.8) is 0 Å². The highest BCUT2D eigenvalue weighted by atomic mass is 32.1. The standard InChI is InChI=1S/C19H21N3O3S/c1-13(7-8-14-5-3-4-6-16(14)23-2)24-18-19(21-26-20-18)25-17-12-22-10-9-15(17)11-22/h3-6,13,15,17H,9-12H2,1-2H3. The molecule has 4 unspecified atom stereocenters. The van der Waals surface area contributed by atoms with Gasteiger partial charge in [0, 0.05) is 19.0 Å². The first kappa shape index (κ1) is 17.1. The summed E-state index contributed by atoms with van der Waals surface area (Å²) in [5.74, 6) is 8.43. The smallest absolute Gasteiger partial charge is 0.292 e. The van der Waals surface area contributed by atoms with Crippen molar-refractivity contribution in [2.45, 2.75) is 25.6 Å². The first-order valence-corrected chi connectivity index (χ1v) is 9.48. The Kier molecular flexibility index (Phi) is 4.96. The third-order valence-corrected chi connectivity index (χ3v) is 5.27. The molecule has 7 heteroatoms. The van der Waals surface area contributed by atoms with E-state index in [0.29, 0.717) is 17.7 Å². The molecule has 0 amide bonds. The molecule has 136 valence electrons. The van der Waals surface area contributed by atoms with E-state index >= 15 is 0 Å². The molecular formula is C19H21N3O3S. The largest absolute Gasteiger partial charge is 0.495 e. The van der Waals surface area contributed by atoms with E-state index in [9.17, 15) is 0 Å². The van der Waals surface area contributed by atoms with Crippen LogP contribution in [0.4, 0.5) is 0 Å². The topological polar surface area (TPSA) is 56.7 Å². The van der Waals surface area contributed by atoms with Crippen molar-refractivity contribution < 1.29 is 14.2 Å². The molecule has 1 aromatic heterocycles. The fourth-order valence-corrected chi connectivity index (χ4v) is 3.88. The molecule has 0 saturated carbocycles. The Bertz CT molecular complexity index is 829. The zero-order valence-corrected chi connectivity index (χ0v) is 15.7. The molecule has 2 aliphatic rings. The number of methoxy groups -OCH3 is 1. The summed E-state index contributed by atoms with van der Waals surface area (Å²) in [5, 5.41) is 0. The molecule has 2 bridgehead atoms. The molecule has 4 atom stereocenters. The second-order valence-electron chi connectivity index (χ2n) is 6.57. The van der Waals surface area contributed by atoms with Crippen molar-refractivity contribution in [3.05, 3.63) is 29.8 Å². The predicted octanol–water partition coefficient (Wildman–Crippen LogP) is 2.45. The fraction of sp³-hybridized carbons (Fsp3) is 0.474. The minimum Gasteiger partial charge on any atom is -0.495 e. The predicted molar refractivity (Wildman–Crippen MR) is 98.8 cm³/mol. The third kappa shape index (κ3) is 3.62. The van der Waals surface area contributed by atoms with Crippen molar-refractivity contribution in [2.24, 2.45) is 5.92 Å². The van der Waals surface area contributed by atoms with E-state index in [4.69, 9.17) is 14.2 Å². The van der Waals surface area contributed by atoms with Crippen LogP contribution < -0.4 is 14.2 Å². The van der Waals surface area contributed by atoms with Crippen molar-refractivity contribution in [2.75, 3.05) is 26.7 Å². The van der Waals surface area contributed by atoms with Gasteiger partial charge < -0.3 is 14.2 Å². The molecule has 0 N–H and O–H groups in total. The highest BCUT2D eigenvalue weighted by molar-refractivity contribution is 6.99. The van der Waals surface area contributed by atoms with Gasteiger partial charge in [-0.1, -0.05) is 24.0 Å². The van der Waals surface area contributed by atoms with Crippen molar-refractivity contribution in [1.29, 1.82) is 0 Å². The van der Waals surface area contributed by atoms with Crippen LogP contribution in [-0.2, 0) is 0 Å². The van der Waals surface area contributed by atoms with Gasteiger partial charge in [-0.3, -0.25) is 4.90 Å². The molecule has 0 aliphatic carbocycles. The maximum atomic E-state index is 6.08. The Balaban J connectivity index is 1.40. The second-order valence-corrected chi connectivity index (χ2v) is 7.10. The van der Waals surface area contributed by atoms with Crippen molar-refractivity contribution >= 4 is 11.7 Å². The van der Waals surface area contributed by atoms with E-state index in [2.05, 4.69) is 25.5 Å². The molecule has 1 aromatic carbocycles. The lowest BCUT2D eigenvalue weighted by atomic mass is 10.0. The first-order valence-electron chi connectivity index (χ1n) is 8.75. The van der Waals surface area contributed by atoms with Crippen LogP contribution in [-0.4, -0.2) is 52.6 Å². The molecule has 2 fully saturated rings. The number of nitrogens with zero attached hydrogens (tertiary/aromatic N) is 3. The minimum absolute atomic E-state index is 0.185. The van der Waals surface area contributed by atoms with E-state index < -0.39 is 0 Å². The van der Waals surface area contributed by atoms with Gasteiger partial charge >= 0.3 is 0 Å². The van der Waals surface area contributed by atoms with Crippen LogP contribution >= 0.6 is 11.7 Å². The molecule has 3 heterocycles. The van der Waals surface area contributed by atoms with Gasteiger partial charge in [0.05, 0.1) is 24.4 Å². The molecule has 2 aromatic rings. The molecule has 4 rings (SSSR count). The minimum atomic E-state index is -0.338. The molecule has 0 spiro atoms. The Morgan fingerprint density at radius 3 is 2.85 bits per heavy atom. The summed E-state index contributed by atoms with van der Waals surface area (Å²) in [6, 6.07) is 7.65. The SMILES string of the molecule is COc1ccccc1C#CC(C)Oc1nsnc1OC1CN2CCC1C2. The number of hydrogen-bond donors (Lipinski definition) is 0. The lowest BCUT2D eigenvalue weighted by molar-refractivity contribution is 0.127. The monoisotopic (exact) mass is 371 g/mol. The fourth-order valence-electron chi connectivity index (χ4n) is 3.45. The Labute approximate surface area is 157 Å². The van der Waals surface area contributed by atoms with Crippen LogP contribution in [0.5, 0.6) is 17.5 Å². The van der Waals surface area contributed by atoms with Gasteiger partial charge in [0.25, 0.3) is 11.8 Å². The molecule has 0 radical (unpaired) electrons. The summed E-state index contributed by atoms with van der Waals surface area (Å²) in [5.41, 5.74) is 0.828. The molecule has 26 heavy (non-hydrogen) atoms. The van der Waals surface area contributed by atoms with Crippen LogP contribution in [0.1, 0.15) is 18.9 Å². The number of piperidine rings is 1. The average Bonchev–Trinajstić information content (AvgIpc) is 3.38. The summed E-state index contributed by atoms with van der Waals surface area (Å²) in [7, 11) is 1.64. The maximum Gasteiger partial charge on any atom is 0.292 e. The summed E-state index contributed by atoms with van der Waals surface area (Å²) in [6.45, 7) is 5.15. The third-order valence-electron chi connectivity index (χ3n) is 4.77. The second kappa shape index (κ2) is 7.52. The zero-order valence-electron chi connectivity index (χ0n) is 14.8. The van der Waals surface area contributed by atoms with Gasteiger partial charge in [-0.2, -0.15) is 0 Å². The highest BCUT2D eigenvalue weighted by Gasteiger charge is 2.40. The van der Waals surface area contributed by atoms with E-state index in [1.54, 1.807) is 7.11 Å². The van der Waals surface area contributed by atoms with Crippen LogP contribution in [0.15, 0.2) is 24.3 Å². The number of para-hydroxylation sites is 1. The summed E-state index contributed by atoms with van der Waals surface area (Å²) in [4.78, 5) is 2.43. The zero-order chi connectivity index (χ0) is 17.9. The van der Waals surface area contributed by atoms with Crippen molar-refractivity contribution in [1.82, 2.24) is 13.6 Å². The summed E-state index contributed by atoms with van der Waals surface area (Å²) in [6.07, 6.45) is 1.04. The normalized spacial score (nSPS) is 24.6. The average molecular weight is 371 g/mol. The number of ether oxygens (including phenoxy) is 3. The number of benzene rings is 1. The molecular weight excluding hydrogens is 350 g/mol. The lowest BCUT2D eigenvalue weighted by Gasteiger charge is -2.22. The van der Waals surface area contributed by atoms with Crippen LogP contribution in [0.3, 0.4) is 0 Å². The molecule has 6 nitrogen and oxygen atoms in total. The molecule has 2 saturated heterocycles. The highest BCUT2D eigenvalue weighted by Crippen LogP contribution is 2.33.